The quantitative estimate of drug-likeness (QED) is 0.417. The first-order chi connectivity index (χ1) is 12.4. The van der Waals surface area contributed by atoms with Crippen molar-refractivity contribution < 1.29 is 4.42 Å². The molecule has 3 heterocycles. The van der Waals surface area contributed by atoms with E-state index in [-0.39, 0.29) is 0 Å². The highest BCUT2D eigenvalue weighted by atomic mass is 16.3. The molecule has 0 spiro atoms. The minimum Gasteiger partial charge on any atom is -0.473 e. The van der Waals surface area contributed by atoms with Crippen LogP contribution in [0.15, 0.2) is 102 Å². The number of nitrogens with zero attached hydrogens (tertiary/aromatic N) is 4. The predicted molar refractivity (Wildman–Crippen MR) is 97.8 cm³/mol. The summed E-state index contributed by atoms with van der Waals surface area (Å²) in [4.78, 5) is 16.5. The van der Waals surface area contributed by atoms with Gasteiger partial charge in [-0.3, -0.25) is 19.9 Å². The van der Waals surface area contributed by atoms with Crippen LogP contribution in [0.3, 0.4) is 0 Å². The van der Waals surface area contributed by atoms with Crippen molar-refractivity contribution in [2.24, 2.45) is 0 Å². The summed E-state index contributed by atoms with van der Waals surface area (Å²) in [5, 5.41) is 0. The molecule has 0 saturated carbocycles. The van der Waals surface area contributed by atoms with E-state index in [1.165, 1.54) is 0 Å². The number of aromatic nitrogens is 4. The topological polar surface area (TPSA) is 64.7 Å². The maximum atomic E-state index is 4.58. The molecular formula is C20H16N4O. The van der Waals surface area contributed by atoms with Crippen LogP contribution < -0.4 is 0 Å². The average Bonchev–Trinajstić information content (AvgIpc) is 3.29. The van der Waals surface area contributed by atoms with Gasteiger partial charge in [0.05, 0.1) is 34.6 Å². The molecule has 0 amide bonds. The first-order valence-corrected chi connectivity index (χ1v) is 7.72. The predicted octanol–water partition coefficient (Wildman–Crippen LogP) is 4.54. The van der Waals surface area contributed by atoms with E-state index in [2.05, 4.69) is 24.4 Å². The van der Waals surface area contributed by atoms with Gasteiger partial charge in [-0.15, -0.1) is 0 Å². The summed E-state index contributed by atoms with van der Waals surface area (Å²) >= 11 is 0. The lowest BCUT2D eigenvalue weighted by Crippen LogP contribution is -1.78. The number of hydrogen-bond donors (Lipinski definition) is 0. The first kappa shape index (κ1) is 16.3. The van der Waals surface area contributed by atoms with E-state index in [9.17, 15) is 0 Å². The second-order valence-corrected chi connectivity index (χ2v) is 4.88. The van der Waals surface area contributed by atoms with Crippen LogP contribution >= 0.6 is 0 Å². The first-order valence-electron chi connectivity index (χ1n) is 7.72. The lowest BCUT2D eigenvalue weighted by Gasteiger charge is -1.90. The Morgan fingerprint density at radius 3 is 1.00 bits per heavy atom. The fourth-order valence-electron chi connectivity index (χ4n) is 2.05. The molecular weight excluding hydrogens is 312 g/mol. The fourth-order valence-corrected chi connectivity index (χ4v) is 2.05. The highest BCUT2D eigenvalue weighted by Crippen LogP contribution is 2.05. The lowest BCUT2D eigenvalue weighted by molar-refractivity contribution is 0.567. The summed E-state index contributed by atoms with van der Waals surface area (Å²) in [6.45, 7) is 0. The molecule has 0 fully saturated rings. The van der Waals surface area contributed by atoms with Crippen molar-refractivity contribution in [1.82, 2.24) is 19.9 Å². The van der Waals surface area contributed by atoms with Crippen LogP contribution in [0.25, 0.3) is 22.1 Å². The third-order valence-electron chi connectivity index (χ3n) is 3.18. The molecule has 25 heavy (non-hydrogen) atoms. The van der Waals surface area contributed by atoms with E-state index in [4.69, 9.17) is 0 Å². The Morgan fingerprint density at radius 2 is 0.760 bits per heavy atom. The normalized spacial score (nSPS) is 9.60. The maximum Gasteiger partial charge on any atom is 0.0902 e. The molecule has 0 aliphatic carbocycles. The molecule has 5 rings (SSSR count). The minimum absolute atomic E-state index is 0.949. The van der Waals surface area contributed by atoms with Crippen molar-refractivity contribution >= 4 is 22.1 Å². The van der Waals surface area contributed by atoms with E-state index in [1.54, 1.807) is 37.3 Å². The molecule has 0 unspecified atom stereocenters. The van der Waals surface area contributed by atoms with Gasteiger partial charge in [-0.1, -0.05) is 24.3 Å². The standard InChI is InChI=1S/2C8H6N2.C4H4O/c2*1-2-4-8-7(3-1)9-5-6-10-8;1-2-4-5-3-1/h2*1-6H;1-4H. The molecule has 0 bridgehead atoms. The van der Waals surface area contributed by atoms with E-state index in [0.29, 0.717) is 0 Å². The van der Waals surface area contributed by atoms with Gasteiger partial charge in [0.1, 0.15) is 0 Å². The van der Waals surface area contributed by atoms with Crippen molar-refractivity contribution in [3.05, 3.63) is 98.0 Å². The van der Waals surface area contributed by atoms with E-state index in [1.807, 2.05) is 60.7 Å². The fraction of sp³-hybridized carbons (Fsp3) is 0. The maximum absolute atomic E-state index is 4.58. The van der Waals surface area contributed by atoms with Crippen LogP contribution in [0.2, 0.25) is 0 Å². The Bertz CT molecular complexity index is 797. The van der Waals surface area contributed by atoms with Gasteiger partial charge < -0.3 is 4.42 Å². The molecule has 0 aliphatic rings. The lowest BCUT2D eigenvalue weighted by atomic mass is 10.3. The molecule has 5 nitrogen and oxygen atoms in total. The van der Waals surface area contributed by atoms with Gasteiger partial charge in [0.25, 0.3) is 0 Å². The zero-order valence-electron chi connectivity index (χ0n) is 13.4. The van der Waals surface area contributed by atoms with Crippen LogP contribution in [-0.4, -0.2) is 19.9 Å². The molecule has 0 atom stereocenters. The van der Waals surface area contributed by atoms with E-state index in [0.717, 1.165) is 22.1 Å². The van der Waals surface area contributed by atoms with Crippen LogP contribution in [0.1, 0.15) is 0 Å². The number of furan rings is 1. The van der Waals surface area contributed by atoms with Crippen LogP contribution in [0, 0.1) is 0 Å². The minimum atomic E-state index is 0.949. The highest BCUT2D eigenvalue weighted by Gasteiger charge is 1.89. The molecule has 122 valence electrons. The summed E-state index contributed by atoms with van der Waals surface area (Å²) in [6.07, 6.45) is 10.0. The zero-order chi connectivity index (χ0) is 17.2. The molecule has 0 aliphatic heterocycles. The molecule has 0 radical (unpaired) electrons. The SMILES string of the molecule is c1ccc2nccnc2c1.c1ccc2nccnc2c1.c1ccoc1. The summed E-state index contributed by atoms with van der Waals surface area (Å²) in [6, 6.07) is 19.3. The number of para-hydroxylation sites is 4. The largest absolute Gasteiger partial charge is 0.473 e. The van der Waals surface area contributed by atoms with Gasteiger partial charge in [0, 0.05) is 24.8 Å². The Balaban J connectivity index is 0.000000116. The summed E-state index contributed by atoms with van der Waals surface area (Å²) in [7, 11) is 0. The Labute approximate surface area is 145 Å². The van der Waals surface area contributed by atoms with Gasteiger partial charge in [-0.05, 0) is 36.4 Å². The van der Waals surface area contributed by atoms with Gasteiger partial charge >= 0.3 is 0 Å². The van der Waals surface area contributed by atoms with Crippen molar-refractivity contribution in [2.75, 3.05) is 0 Å². The van der Waals surface area contributed by atoms with Crippen LogP contribution in [-0.2, 0) is 0 Å². The van der Waals surface area contributed by atoms with Crippen LogP contribution in [0.4, 0.5) is 0 Å². The Morgan fingerprint density at radius 1 is 0.440 bits per heavy atom. The molecule has 5 aromatic rings. The van der Waals surface area contributed by atoms with E-state index >= 15 is 0 Å². The van der Waals surface area contributed by atoms with Gasteiger partial charge in [-0.25, -0.2) is 0 Å². The third-order valence-corrected chi connectivity index (χ3v) is 3.18. The number of rotatable bonds is 0. The van der Waals surface area contributed by atoms with Gasteiger partial charge in [0.2, 0.25) is 0 Å². The smallest absolute Gasteiger partial charge is 0.0902 e. The third kappa shape index (κ3) is 4.94. The number of fused-ring (bicyclic) bond motifs is 2. The molecule has 5 heteroatoms. The summed E-state index contributed by atoms with van der Waals surface area (Å²) in [5.74, 6) is 0. The number of hydrogen-bond acceptors (Lipinski definition) is 5. The second-order valence-electron chi connectivity index (χ2n) is 4.88. The highest BCUT2D eigenvalue weighted by molar-refractivity contribution is 5.73. The molecule has 3 aromatic heterocycles. The monoisotopic (exact) mass is 328 g/mol. The molecule has 0 N–H and O–H groups in total. The Kier molecular flexibility index (Phi) is 5.78. The van der Waals surface area contributed by atoms with Crippen molar-refractivity contribution in [3.8, 4) is 0 Å². The van der Waals surface area contributed by atoms with Crippen LogP contribution in [0.5, 0.6) is 0 Å². The van der Waals surface area contributed by atoms with Crippen molar-refractivity contribution in [3.63, 3.8) is 0 Å². The number of benzene rings is 2. The summed E-state index contributed by atoms with van der Waals surface area (Å²) < 4.78 is 4.58. The Hall–Kier alpha value is -3.60. The zero-order valence-corrected chi connectivity index (χ0v) is 13.4. The second kappa shape index (κ2) is 8.88. The van der Waals surface area contributed by atoms with Gasteiger partial charge in [-0.2, -0.15) is 0 Å². The van der Waals surface area contributed by atoms with E-state index < -0.39 is 0 Å². The molecule has 0 saturated heterocycles. The molecule has 2 aromatic carbocycles. The van der Waals surface area contributed by atoms with Crippen molar-refractivity contribution in [1.29, 1.82) is 0 Å². The summed E-state index contributed by atoms with van der Waals surface area (Å²) in [5.41, 5.74) is 3.80. The average molecular weight is 328 g/mol. The van der Waals surface area contributed by atoms with Gasteiger partial charge in [0.15, 0.2) is 0 Å². The van der Waals surface area contributed by atoms with Crippen molar-refractivity contribution in [2.45, 2.75) is 0 Å².